The first-order valence-electron chi connectivity index (χ1n) is 6.33. The minimum absolute atomic E-state index is 0.0446. The first-order valence-corrected chi connectivity index (χ1v) is 6.33. The lowest BCUT2D eigenvalue weighted by Gasteiger charge is -2.08. The number of amides is 1. The van der Waals surface area contributed by atoms with E-state index in [0.29, 0.717) is 26.4 Å². The van der Waals surface area contributed by atoms with Crippen LogP contribution in [-0.4, -0.2) is 61.8 Å². The van der Waals surface area contributed by atoms with Crippen molar-refractivity contribution in [3.8, 4) is 0 Å². The molecule has 20 heavy (non-hydrogen) atoms. The molecule has 0 bridgehead atoms. The number of carboxylic acids is 1. The molecule has 0 aliphatic heterocycles. The van der Waals surface area contributed by atoms with Gasteiger partial charge in [0.05, 0.1) is 19.8 Å². The van der Waals surface area contributed by atoms with Gasteiger partial charge in [-0.25, -0.2) is 0 Å². The van der Waals surface area contributed by atoms with Gasteiger partial charge in [-0.3, -0.25) is 14.4 Å². The second-order valence-electron chi connectivity index (χ2n) is 4.20. The van der Waals surface area contributed by atoms with E-state index >= 15 is 0 Å². The molecule has 0 radical (unpaired) electrons. The summed E-state index contributed by atoms with van der Waals surface area (Å²) in [5.41, 5.74) is 5.27. The topological polar surface area (TPSA) is 128 Å². The van der Waals surface area contributed by atoms with Crippen molar-refractivity contribution >= 4 is 17.7 Å². The Kier molecular flexibility index (Phi) is 10.5. The molecule has 0 saturated carbocycles. The first-order chi connectivity index (χ1) is 9.43. The van der Waals surface area contributed by atoms with Crippen LogP contribution < -0.4 is 11.1 Å². The average molecular weight is 290 g/mol. The van der Waals surface area contributed by atoms with Crippen LogP contribution in [-0.2, 0) is 23.9 Å². The van der Waals surface area contributed by atoms with Crippen molar-refractivity contribution in [1.29, 1.82) is 0 Å². The molecular formula is C12H22N2O6. The highest BCUT2D eigenvalue weighted by molar-refractivity contribution is 5.78. The van der Waals surface area contributed by atoms with E-state index < -0.39 is 12.0 Å². The molecular weight excluding hydrogens is 268 g/mol. The normalized spacial score (nSPS) is 11.9. The molecule has 1 atom stereocenters. The van der Waals surface area contributed by atoms with Crippen LogP contribution in [0.5, 0.6) is 0 Å². The lowest BCUT2D eigenvalue weighted by atomic mass is 10.1. The van der Waals surface area contributed by atoms with Crippen molar-refractivity contribution in [2.45, 2.75) is 25.8 Å². The summed E-state index contributed by atoms with van der Waals surface area (Å²) in [6.07, 6.45) is 0.163. The number of ketones is 1. The smallest absolute Gasteiger partial charge is 0.320 e. The summed E-state index contributed by atoms with van der Waals surface area (Å²) in [4.78, 5) is 32.3. The van der Waals surface area contributed by atoms with Gasteiger partial charge in [-0.2, -0.15) is 0 Å². The molecule has 0 aromatic rings. The Morgan fingerprint density at radius 2 is 1.85 bits per heavy atom. The fourth-order valence-electron chi connectivity index (χ4n) is 1.20. The number of hydrogen-bond donors (Lipinski definition) is 3. The summed E-state index contributed by atoms with van der Waals surface area (Å²) in [5.74, 6) is -1.43. The second kappa shape index (κ2) is 11.3. The van der Waals surface area contributed by atoms with Gasteiger partial charge >= 0.3 is 5.97 Å². The summed E-state index contributed by atoms with van der Waals surface area (Å²) < 4.78 is 10.1. The number of hydrogen-bond acceptors (Lipinski definition) is 6. The SMILES string of the molecule is CC(=O)COCCOCCNC(=O)CC[C@H](N)C(=O)O. The highest BCUT2D eigenvalue weighted by Gasteiger charge is 2.12. The van der Waals surface area contributed by atoms with E-state index in [0.717, 1.165) is 0 Å². The zero-order chi connectivity index (χ0) is 15.4. The third-order valence-corrected chi connectivity index (χ3v) is 2.25. The summed E-state index contributed by atoms with van der Waals surface area (Å²) in [5, 5.41) is 11.1. The van der Waals surface area contributed by atoms with Crippen LogP contribution in [0, 0.1) is 0 Å². The summed E-state index contributed by atoms with van der Waals surface area (Å²) in [7, 11) is 0. The maximum atomic E-state index is 11.3. The average Bonchev–Trinajstić information content (AvgIpc) is 2.38. The van der Waals surface area contributed by atoms with Gasteiger partial charge in [-0.15, -0.1) is 0 Å². The van der Waals surface area contributed by atoms with E-state index in [1.807, 2.05) is 0 Å². The fraction of sp³-hybridized carbons (Fsp3) is 0.750. The van der Waals surface area contributed by atoms with Crippen LogP contribution in [0.25, 0.3) is 0 Å². The highest BCUT2D eigenvalue weighted by atomic mass is 16.5. The van der Waals surface area contributed by atoms with Crippen molar-refractivity contribution in [1.82, 2.24) is 5.32 Å². The van der Waals surface area contributed by atoms with Gasteiger partial charge in [0, 0.05) is 13.0 Å². The third-order valence-electron chi connectivity index (χ3n) is 2.25. The Morgan fingerprint density at radius 3 is 2.45 bits per heavy atom. The number of ether oxygens (including phenoxy) is 2. The van der Waals surface area contributed by atoms with Crippen molar-refractivity contribution in [2.75, 3.05) is 33.0 Å². The Balaban J connectivity index is 3.35. The standard InChI is InChI=1S/C12H22N2O6/c1-9(15)8-20-7-6-19-5-4-14-11(16)3-2-10(13)12(17)18/h10H,2-8,13H2,1H3,(H,14,16)(H,17,18)/t10-/m0/s1. The lowest BCUT2D eigenvalue weighted by molar-refractivity contribution is -0.138. The van der Waals surface area contributed by atoms with Crippen LogP contribution in [0.15, 0.2) is 0 Å². The van der Waals surface area contributed by atoms with Crippen molar-refractivity contribution < 1.29 is 29.0 Å². The molecule has 0 heterocycles. The van der Waals surface area contributed by atoms with E-state index in [2.05, 4.69) is 5.32 Å². The van der Waals surface area contributed by atoms with E-state index in [1.54, 1.807) is 0 Å². The van der Waals surface area contributed by atoms with Crippen LogP contribution in [0.4, 0.5) is 0 Å². The van der Waals surface area contributed by atoms with E-state index in [4.69, 9.17) is 20.3 Å². The lowest BCUT2D eigenvalue weighted by Crippen LogP contribution is -2.33. The van der Waals surface area contributed by atoms with Crippen LogP contribution >= 0.6 is 0 Å². The molecule has 0 aromatic heterocycles. The molecule has 0 aliphatic carbocycles. The Hall–Kier alpha value is -1.51. The number of Topliss-reactive ketones (excluding diaryl/α,β-unsaturated/α-hetero) is 1. The second-order valence-corrected chi connectivity index (χ2v) is 4.20. The van der Waals surface area contributed by atoms with Crippen LogP contribution in [0.3, 0.4) is 0 Å². The minimum atomic E-state index is -1.12. The molecule has 8 heteroatoms. The number of aliphatic carboxylic acids is 1. The maximum Gasteiger partial charge on any atom is 0.320 e. The van der Waals surface area contributed by atoms with Crippen molar-refractivity contribution in [2.24, 2.45) is 5.73 Å². The summed E-state index contributed by atoms with van der Waals surface area (Å²) >= 11 is 0. The summed E-state index contributed by atoms with van der Waals surface area (Å²) in [6, 6.07) is -1.02. The predicted molar refractivity (Wildman–Crippen MR) is 70.2 cm³/mol. The molecule has 0 saturated heterocycles. The fourth-order valence-corrected chi connectivity index (χ4v) is 1.20. The molecule has 8 nitrogen and oxygen atoms in total. The van der Waals surface area contributed by atoms with Gasteiger partial charge in [-0.05, 0) is 13.3 Å². The van der Waals surface area contributed by atoms with Crippen molar-refractivity contribution in [3.05, 3.63) is 0 Å². The molecule has 4 N–H and O–H groups in total. The predicted octanol–water partition coefficient (Wildman–Crippen LogP) is -1.08. The molecule has 0 unspecified atom stereocenters. The first kappa shape index (κ1) is 18.5. The largest absolute Gasteiger partial charge is 0.480 e. The van der Waals surface area contributed by atoms with Gasteiger partial charge in [0.25, 0.3) is 0 Å². The molecule has 0 spiro atoms. The number of nitrogens with one attached hydrogen (secondary N) is 1. The number of carbonyl (C=O) groups is 3. The van der Waals surface area contributed by atoms with E-state index in [-0.39, 0.29) is 31.1 Å². The Bertz CT molecular complexity index is 321. The quantitative estimate of drug-likeness (QED) is 0.390. The number of carbonyl (C=O) groups excluding carboxylic acids is 2. The number of carboxylic acid groups (broad SMARTS) is 1. The molecule has 1 amide bonds. The zero-order valence-electron chi connectivity index (χ0n) is 11.6. The van der Waals surface area contributed by atoms with Gasteiger partial charge < -0.3 is 25.6 Å². The molecule has 0 fully saturated rings. The van der Waals surface area contributed by atoms with E-state index in [9.17, 15) is 14.4 Å². The monoisotopic (exact) mass is 290 g/mol. The zero-order valence-corrected chi connectivity index (χ0v) is 11.6. The Morgan fingerprint density at radius 1 is 1.20 bits per heavy atom. The highest BCUT2D eigenvalue weighted by Crippen LogP contribution is 1.94. The minimum Gasteiger partial charge on any atom is -0.480 e. The maximum absolute atomic E-state index is 11.3. The number of rotatable bonds is 12. The summed E-state index contributed by atoms with van der Waals surface area (Å²) in [6.45, 7) is 2.82. The van der Waals surface area contributed by atoms with Gasteiger partial charge in [0.1, 0.15) is 12.6 Å². The molecule has 0 aromatic carbocycles. The van der Waals surface area contributed by atoms with Gasteiger partial charge in [0.15, 0.2) is 5.78 Å². The van der Waals surface area contributed by atoms with Crippen LogP contribution in [0.1, 0.15) is 19.8 Å². The van der Waals surface area contributed by atoms with E-state index in [1.165, 1.54) is 6.92 Å². The third kappa shape index (κ3) is 11.6. The Labute approximate surface area is 117 Å². The molecule has 0 aliphatic rings. The molecule has 0 rings (SSSR count). The van der Waals surface area contributed by atoms with Crippen LogP contribution in [0.2, 0.25) is 0 Å². The van der Waals surface area contributed by atoms with Crippen molar-refractivity contribution in [3.63, 3.8) is 0 Å². The van der Waals surface area contributed by atoms with Gasteiger partial charge in [-0.1, -0.05) is 0 Å². The molecule has 116 valence electrons. The number of nitrogens with two attached hydrogens (primary N) is 1. The van der Waals surface area contributed by atoms with Gasteiger partial charge in [0.2, 0.25) is 5.91 Å².